The fourth-order valence-corrected chi connectivity index (χ4v) is 4.66. The number of fused-ring (bicyclic) bond motifs is 3. The first-order chi connectivity index (χ1) is 17.2. The number of nitrogens with zero attached hydrogens (tertiary/aromatic N) is 2. The number of para-hydroxylation sites is 1. The average molecular weight is 475 g/mol. The zero-order chi connectivity index (χ0) is 24.4. The molecule has 0 unspecified atom stereocenters. The van der Waals surface area contributed by atoms with E-state index in [1.807, 2.05) is 61.3 Å². The highest BCUT2D eigenvalue weighted by molar-refractivity contribution is 6.02. The second kappa shape index (κ2) is 9.78. The van der Waals surface area contributed by atoms with Gasteiger partial charge in [0.15, 0.2) is 23.0 Å². The fourth-order valence-electron chi connectivity index (χ4n) is 4.66. The maximum absolute atomic E-state index is 6.60. The minimum Gasteiger partial charge on any atom is -0.494 e. The molecule has 2 heterocycles. The molecule has 0 bridgehead atoms. The highest BCUT2D eigenvalue weighted by Gasteiger charge is 2.42. The summed E-state index contributed by atoms with van der Waals surface area (Å²) in [5, 5.41) is 7.10. The Kier molecular flexibility index (Phi) is 6.40. The van der Waals surface area contributed by atoms with Gasteiger partial charge in [0.25, 0.3) is 0 Å². The van der Waals surface area contributed by atoms with Crippen molar-refractivity contribution in [1.29, 1.82) is 0 Å². The molecule has 0 spiro atoms. The van der Waals surface area contributed by atoms with E-state index in [1.165, 1.54) is 0 Å². The Labute approximate surface area is 205 Å². The minimum atomic E-state index is -0.450. The van der Waals surface area contributed by atoms with Crippen LogP contribution in [0.1, 0.15) is 49.2 Å². The summed E-state index contributed by atoms with van der Waals surface area (Å²) in [4.78, 5) is 0. The minimum absolute atomic E-state index is 0.0128. The lowest BCUT2D eigenvalue weighted by Gasteiger charge is -2.38. The highest BCUT2D eigenvalue weighted by atomic mass is 16.5. The van der Waals surface area contributed by atoms with Crippen molar-refractivity contribution in [2.75, 3.05) is 27.4 Å². The van der Waals surface area contributed by atoms with Gasteiger partial charge in [0.05, 0.1) is 39.2 Å². The Morgan fingerprint density at radius 3 is 2.37 bits per heavy atom. The van der Waals surface area contributed by atoms with Crippen molar-refractivity contribution in [1.82, 2.24) is 5.01 Å². The highest BCUT2D eigenvalue weighted by Crippen LogP contribution is 2.51. The average Bonchev–Trinajstić information content (AvgIpc) is 3.35. The first-order valence-corrected chi connectivity index (χ1v) is 11.9. The number of methoxy groups -OCH3 is 2. The van der Waals surface area contributed by atoms with Crippen molar-refractivity contribution in [3.05, 3.63) is 77.4 Å². The molecule has 5 rings (SSSR count). The predicted molar refractivity (Wildman–Crippen MR) is 134 cm³/mol. The lowest BCUT2D eigenvalue weighted by atomic mass is 9.95. The van der Waals surface area contributed by atoms with Crippen LogP contribution in [0, 0.1) is 0 Å². The van der Waals surface area contributed by atoms with Crippen LogP contribution in [-0.4, -0.2) is 38.2 Å². The van der Waals surface area contributed by atoms with Crippen LogP contribution in [-0.2, 0) is 0 Å². The van der Waals surface area contributed by atoms with E-state index < -0.39 is 6.23 Å². The van der Waals surface area contributed by atoms with Gasteiger partial charge in [-0.25, -0.2) is 5.01 Å². The van der Waals surface area contributed by atoms with Gasteiger partial charge >= 0.3 is 0 Å². The molecule has 2 aliphatic heterocycles. The zero-order valence-corrected chi connectivity index (χ0v) is 20.5. The maximum atomic E-state index is 6.60. The van der Waals surface area contributed by atoms with Crippen molar-refractivity contribution in [3.8, 4) is 28.7 Å². The van der Waals surface area contributed by atoms with Crippen LogP contribution in [0.4, 0.5) is 0 Å². The number of hydrogen-bond donors (Lipinski definition) is 0. The Morgan fingerprint density at radius 1 is 0.886 bits per heavy atom. The van der Waals surface area contributed by atoms with E-state index in [9.17, 15) is 0 Å². The van der Waals surface area contributed by atoms with Crippen LogP contribution < -0.4 is 23.7 Å². The molecule has 0 saturated carbocycles. The van der Waals surface area contributed by atoms with Gasteiger partial charge in [0.1, 0.15) is 5.75 Å². The Morgan fingerprint density at radius 2 is 1.66 bits per heavy atom. The van der Waals surface area contributed by atoms with E-state index in [0.717, 1.165) is 46.1 Å². The first kappa shape index (κ1) is 22.9. The Hall–Kier alpha value is -3.87. The topological polar surface area (TPSA) is 61.8 Å². The van der Waals surface area contributed by atoms with Crippen LogP contribution in [0.15, 0.2) is 65.8 Å². The van der Waals surface area contributed by atoms with Crippen LogP contribution in [0.3, 0.4) is 0 Å². The molecule has 0 radical (unpaired) electrons. The molecule has 7 heteroatoms. The SMILES string of the molecule is CCOc1ccc(C2=NN3[C@H](C2)c2cccc(OCC)c2O[C@H]3c2ccc(OC)c(OC)c2)cc1. The van der Waals surface area contributed by atoms with Crippen molar-refractivity contribution in [2.45, 2.75) is 32.5 Å². The number of hydrazone groups is 1. The number of ether oxygens (including phenoxy) is 5. The van der Waals surface area contributed by atoms with Crippen molar-refractivity contribution < 1.29 is 23.7 Å². The lowest BCUT2D eigenvalue weighted by Crippen LogP contribution is -2.34. The first-order valence-electron chi connectivity index (χ1n) is 11.9. The molecule has 0 aliphatic carbocycles. The molecule has 7 nitrogen and oxygen atoms in total. The molecule has 0 aromatic heterocycles. The molecule has 2 atom stereocenters. The summed E-state index contributed by atoms with van der Waals surface area (Å²) in [6, 6.07) is 20.0. The van der Waals surface area contributed by atoms with E-state index in [4.69, 9.17) is 28.8 Å². The summed E-state index contributed by atoms with van der Waals surface area (Å²) < 4.78 is 29.1. The third kappa shape index (κ3) is 4.22. The second-order valence-corrected chi connectivity index (χ2v) is 8.30. The summed E-state index contributed by atoms with van der Waals surface area (Å²) in [6.07, 6.45) is 0.304. The molecule has 0 fully saturated rings. The van der Waals surface area contributed by atoms with Crippen LogP contribution in [0.5, 0.6) is 28.7 Å². The van der Waals surface area contributed by atoms with Gasteiger partial charge in [0, 0.05) is 17.5 Å². The largest absolute Gasteiger partial charge is 0.494 e. The van der Waals surface area contributed by atoms with E-state index in [0.29, 0.717) is 24.7 Å². The van der Waals surface area contributed by atoms with E-state index >= 15 is 0 Å². The smallest absolute Gasteiger partial charge is 0.214 e. The molecular formula is C28H30N2O5. The van der Waals surface area contributed by atoms with Gasteiger partial charge in [-0.2, -0.15) is 5.10 Å². The molecule has 0 N–H and O–H groups in total. The monoisotopic (exact) mass is 474 g/mol. The van der Waals surface area contributed by atoms with Crippen LogP contribution >= 0.6 is 0 Å². The summed E-state index contributed by atoms with van der Waals surface area (Å²) in [5.41, 5.74) is 4.05. The number of rotatable bonds is 8. The molecular weight excluding hydrogens is 444 g/mol. The van der Waals surface area contributed by atoms with Gasteiger partial charge in [-0.05, 0) is 67.9 Å². The van der Waals surface area contributed by atoms with Crippen LogP contribution in [0.2, 0.25) is 0 Å². The number of hydrogen-bond acceptors (Lipinski definition) is 7. The second-order valence-electron chi connectivity index (χ2n) is 8.30. The van der Waals surface area contributed by atoms with Gasteiger partial charge in [-0.15, -0.1) is 0 Å². The molecule has 35 heavy (non-hydrogen) atoms. The lowest BCUT2D eigenvalue weighted by molar-refractivity contribution is -0.0213. The molecule has 0 saturated heterocycles. The van der Waals surface area contributed by atoms with Gasteiger partial charge in [0.2, 0.25) is 6.23 Å². The van der Waals surface area contributed by atoms with E-state index in [-0.39, 0.29) is 6.04 Å². The standard InChI is InChI=1S/C28H30N2O5/c1-5-33-20-13-10-18(11-14-20)22-17-23-21-8-7-9-25(34-6-2)27(21)35-28(30(23)29-22)19-12-15-24(31-3)26(16-19)32-4/h7-16,23,28H,5-6,17H2,1-4H3/t23-,28+/m1/s1. The summed E-state index contributed by atoms with van der Waals surface area (Å²) >= 11 is 0. The molecule has 182 valence electrons. The van der Waals surface area contributed by atoms with Crippen LogP contribution in [0.25, 0.3) is 0 Å². The quantitative estimate of drug-likeness (QED) is 0.415. The van der Waals surface area contributed by atoms with E-state index in [2.05, 4.69) is 18.2 Å². The van der Waals surface area contributed by atoms with Crippen molar-refractivity contribution in [2.24, 2.45) is 5.10 Å². The molecule has 3 aromatic carbocycles. The van der Waals surface area contributed by atoms with Gasteiger partial charge in [-0.3, -0.25) is 0 Å². The summed E-state index contributed by atoms with van der Waals surface area (Å²) in [6.45, 7) is 5.15. The maximum Gasteiger partial charge on any atom is 0.214 e. The molecule has 2 aliphatic rings. The van der Waals surface area contributed by atoms with Gasteiger partial charge < -0.3 is 23.7 Å². The molecule has 3 aromatic rings. The fraction of sp³-hybridized carbons (Fsp3) is 0.321. The third-order valence-corrected chi connectivity index (χ3v) is 6.27. The molecule has 0 amide bonds. The normalized spacial score (nSPS) is 18.2. The Bertz CT molecular complexity index is 1220. The van der Waals surface area contributed by atoms with Crippen molar-refractivity contribution in [3.63, 3.8) is 0 Å². The predicted octanol–water partition coefficient (Wildman–Crippen LogP) is 5.74. The van der Waals surface area contributed by atoms with Gasteiger partial charge in [-0.1, -0.05) is 12.1 Å². The third-order valence-electron chi connectivity index (χ3n) is 6.27. The summed E-state index contributed by atoms with van der Waals surface area (Å²) in [5.74, 6) is 3.66. The summed E-state index contributed by atoms with van der Waals surface area (Å²) in [7, 11) is 3.26. The number of benzene rings is 3. The Balaban J connectivity index is 1.57. The van der Waals surface area contributed by atoms with E-state index in [1.54, 1.807) is 14.2 Å². The zero-order valence-electron chi connectivity index (χ0n) is 20.5. The van der Waals surface area contributed by atoms with Crippen molar-refractivity contribution >= 4 is 5.71 Å².